The van der Waals surface area contributed by atoms with Gasteiger partial charge in [0.25, 0.3) is 0 Å². The largest absolute Gasteiger partial charge is 0.326 e. The molecule has 0 radical (unpaired) electrons. The fraction of sp³-hybridized carbons (Fsp3) is 0.364. The maximum atomic E-state index is 10.8. The van der Waals surface area contributed by atoms with E-state index >= 15 is 0 Å². The summed E-state index contributed by atoms with van der Waals surface area (Å²) < 4.78 is 0. The van der Waals surface area contributed by atoms with Crippen molar-refractivity contribution < 1.29 is 9.63 Å². The number of hydrogen-bond acceptors (Lipinski definition) is 3. The Balaban J connectivity index is 2.85. The normalized spacial score (nSPS) is 11.2. The van der Waals surface area contributed by atoms with Crippen LogP contribution in [0.5, 0.6) is 0 Å². The fourth-order valence-corrected chi connectivity index (χ4v) is 1.23. The third kappa shape index (κ3) is 3.04. The molecular weight excluding hydrogens is 192 g/mol. The summed E-state index contributed by atoms with van der Waals surface area (Å²) in [5.74, 6) is 5.10. The van der Waals surface area contributed by atoms with E-state index in [1.807, 2.05) is 38.1 Å². The Labute approximate surface area is 89.4 Å². The summed E-state index contributed by atoms with van der Waals surface area (Å²) in [6.07, 6.45) is 0. The van der Waals surface area contributed by atoms with E-state index in [1.54, 1.807) is 0 Å². The molecule has 1 aromatic rings. The number of benzene rings is 1. The highest BCUT2D eigenvalue weighted by Gasteiger charge is 2.19. The highest BCUT2D eigenvalue weighted by Crippen LogP contribution is 2.23. The molecule has 15 heavy (non-hydrogen) atoms. The monoisotopic (exact) mass is 208 g/mol. The molecule has 4 nitrogen and oxygen atoms in total. The molecule has 0 aliphatic carbocycles. The van der Waals surface area contributed by atoms with Gasteiger partial charge in [-0.25, -0.2) is 5.90 Å². The first-order valence-corrected chi connectivity index (χ1v) is 4.72. The van der Waals surface area contributed by atoms with Gasteiger partial charge >= 0.3 is 0 Å². The molecule has 0 heterocycles. The molecule has 82 valence electrons. The molecule has 0 spiro atoms. The minimum Gasteiger partial charge on any atom is -0.326 e. The lowest BCUT2D eigenvalue weighted by Crippen LogP contribution is -2.25. The van der Waals surface area contributed by atoms with E-state index < -0.39 is 5.60 Å². The Morgan fingerprint density at radius 2 is 1.87 bits per heavy atom. The molecule has 0 saturated carbocycles. The van der Waals surface area contributed by atoms with Crippen molar-refractivity contribution in [2.75, 3.05) is 5.32 Å². The van der Waals surface area contributed by atoms with Crippen molar-refractivity contribution in [3.63, 3.8) is 0 Å². The molecule has 0 unspecified atom stereocenters. The van der Waals surface area contributed by atoms with E-state index in [0.717, 1.165) is 11.3 Å². The zero-order chi connectivity index (χ0) is 11.5. The van der Waals surface area contributed by atoms with Crippen LogP contribution in [-0.2, 0) is 15.2 Å². The first-order valence-electron chi connectivity index (χ1n) is 4.72. The van der Waals surface area contributed by atoms with E-state index in [0.29, 0.717) is 0 Å². The lowest BCUT2D eigenvalue weighted by atomic mass is 9.98. The lowest BCUT2D eigenvalue weighted by Gasteiger charge is -2.22. The molecular formula is C11H16N2O2. The Kier molecular flexibility index (Phi) is 3.44. The number of nitrogens with one attached hydrogen (secondary N) is 1. The van der Waals surface area contributed by atoms with E-state index in [1.165, 1.54) is 6.92 Å². The Morgan fingerprint density at radius 1 is 1.33 bits per heavy atom. The molecule has 1 amide bonds. The van der Waals surface area contributed by atoms with Gasteiger partial charge in [-0.05, 0) is 31.5 Å². The number of anilines is 1. The summed E-state index contributed by atoms with van der Waals surface area (Å²) >= 11 is 0. The second-order valence-corrected chi connectivity index (χ2v) is 3.89. The zero-order valence-corrected chi connectivity index (χ0v) is 9.20. The van der Waals surface area contributed by atoms with E-state index in [2.05, 4.69) is 5.32 Å². The molecule has 1 rings (SSSR count). The minimum absolute atomic E-state index is 0.0860. The van der Waals surface area contributed by atoms with Gasteiger partial charge in [-0.15, -0.1) is 0 Å². The number of hydrogen-bond donors (Lipinski definition) is 2. The molecule has 3 N–H and O–H groups in total. The van der Waals surface area contributed by atoms with E-state index in [4.69, 9.17) is 10.7 Å². The second kappa shape index (κ2) is 4.42. The Bertz CT molecular complexity index is 344. The maximum Gasteiger partial charge on any atom is 0.221 e. The number of nitrogens with two attached hydrogens (primary N) is 1. The van der Waals surface area contributed by atoms with Crippen LogP contribution in [-0.4, -0.2) is 5.91 Å². The molecule has 0 aliphatic rings. The standard InChI is InChI=1S/C11H16N2O2/c1-8(14)13-10-6-4-9(5-7-10)11(2,3)15-12/h4-7H,12H2,1-3H3,(H,13,14). The van der Waals surface area contributed by atoms with Crippen molar-refractivity contribution in [1.29, 1.82) is 0 Å². The van der Waals surface area contributed by atoms with Crippen molar-refractivity contribution in [2.45, 2.75) is 26.4 Å². The summed E-state index contributed by atoms with van der Waals surface area (Å²) in [7, 11) is 0. The van der Waals surface area contributed by atoms with Gasteiger partial charge in [0, 0.05) is 12.6 Å². The van der Waals surface area contributed by atoms with Crippen molar-refractivity contribution in [1.82, 2.24) is 0 Å². The van der Waals surface area contributed by atoms with Crippen LogP contribution >= 0.6 is 0 Å². The summed E-state index contributed by atoms with van der Waals surface area (Å²) in [5, 5.41) is 2.69. The van der Waals surface area contributed by atoms with Crippen LogP contribution in [0, 0.1) is 0 Å². The first-order chi connectivity index (χ1) is 6.95. The van der Waals surface area contributed by atoms with Crippen molar-refractivity contribution in [2.24, 2.45) is 5.90 Å². The van der Waals surface area contributed by atoms with E-state index in [9.17, 15) is 4.79 Å². The number of carbonyl (C=O) groups is 1. The van der Waals surface area contributed by atoms with Gasteiger partial charge < -0.3 is 5.32 Å². The molecule has 0 saturated heterocycles. The first kappa shape index (κ1) is 11.7. The molecule has 4 heteroatoms. The highest BCUT2D eigenvalue weighted by molar-refractivity contribution is 5.88. The second-order valence-electron chi connectivity index (χ2n) is 3.89. The van der Waals surface area contributed by atoms with Gasteiger partial charge in [0.1, 0.15) is 5.60 Å². The van der Waals surface area contributed by atoms with E-state index in [-0.39, 0.29) is 5.91 Å². The molecule has 0 aromatic heterocycles. The average Bonchev–Trinajstić information content (AvgIpc) is 2.18. The Morgan fingerprint density at radius 3 is 2.27 bits per heavy atom. The fourth-order valence-electron chi connectivity index (χ4n) is 1.23. The third-order valence-electron chi connectivity index (χ3n) is 2.20. The topological polar surface area (TPSA) is 64.3 Å². The summed E-state index contributed by atoms with van der Waals surface area (Å²) in [4.78, 5) is 15.7. The molecule has 1 aromatic carbocycles. The summed E-state index contributed by atoms with van der Waals surface area (Å²) in [6.45, 7) is 5.22. The van der Waals surface area contributed by atoms with Crippen LogP contribution in [0.1, 0.15) is 26.3 Å². The number of amides is 1. The van der Waals surface area contributed by atoms with Crippen LogP contribution in [0.3, 0.4) is 0 Å². The molecule has 0 bridgehead atoms. The van der Waals surface area contributed by atoms with Crippen LogP contribution in [0.2, 0.25) is 0 Å². The van der Waals surface area contributed by atoms with Gasteiger partial charge in [-0.1, -0.05) is 12.1 Å². The van der Waals surface area contributed by atoms with Crippen LogP contribution in [0.4, 0.5) is 5.69 Å². The highest BCUT2D eigenvalue weighted by atomic mass is 16.6. The number of rotatable bonds is 3. The molecule has 0 fully saturated rings. The molecule has 0 atom stereocenters. The van der Waals surface area contributed by atoms with Crippen LogP contribution < -0.4 is 11.2 Å². The van der Waals surface area contributed by atoms with Crippen LogP contribution in [0.15, 0.2) is 24.3 Å². The maximum absolute atomic E-state index is 10.8. The smallest absolute Gasteiger partial charge is 0.221 e. The summed E-state index contributed by atoms with van der Waals surface area (Å²) in [5.41, 5.74) is 1.20. The quantitative estimate of drug-likeness (QED) is 0.744. The summed E-state index contributed by atoms with van der Waals surface area (Å²) in [6, 6.07) is 7.38. The average molecular weight is 208 g/mol. The lowest BCUT2D eigenvalue weighted by molar-refractivity contribution is -0.114. The number of carbonyl (C=O) groups excluding carboxylic acids is 1. The van der Waals surface area contributed by atoms with Crippen LogP contribution in [0.25, 0.3) is 0 Å². The third-order valence-corrected chi connectivity index (χ3v) is 2.20. The minimum atomic E-state index is -0.519. The predicted molar refractivity (Wildman–Crippen MR) is 59.0 cm³/mol. The van der Waals surface area contributed by atoms with Gasteiger partial charge in [0.05, 0.1) is 0 Å². The van der Waals surface area contributed by atoms with Crippen molar-refractivity contribution >= 4 is 11.6 Å². The van der Waals surface area contributed by atoms with Crippen molar-refractivity contribution in [3.05, 3.63) is 29.8 Å². The van der Waals surface area contributed by atoms with Gasteiger partial charge in [0.15, 0.2) is 0 Å². The predicted octanol–water partition coefficient (Wildman–Crippen LogP) is 1.77. The molecule has 0 aliphatic heterocycles. The SMILES string of the molecule is CC(=O)Nc1ccc(C(C)(C)ON)cc1. The van der Waals surface area contributed by atoms with Crippen molar-refractivity contribution in [3.8, 4) is 0 Å². The van der Waals surface area contributed by atoms with Gasteiger partial charge in [0.2, 0.25) is 5.91 Å². The van der Waals surface area contributed by atoms with Gasteiger partial charge in [-0.2, -0.15) is 0 Å². The van der Waals surface area contributed by atoms with Gasteiger partial charge in [-0.3, -0.25) is 9.63 Å². The Hall–Kier alpha value is -1.39. The zero-order valence-electron chi connectivity index (χ0n) is 9.20.